The first-order valence-electron chi connectivity index (χ1n) is 8.82. The predicted molar refractivity (Wildman–Crippen MR) is 88.3 cm³/mol. The Morgan fingerprint density at radius 3 is 2.08 bits per heavy atom. The Morgan fingerprint density at radius 2 is 1.62 bits per heavy atom. The summed E-state index contributed by atoms with van der Waals surface area (Å²) < 4.78 is 10.2. The second-order valence-electron chi connectivity index (χ2n) is 6.42. The number of Topliss-reactive ketones (excluding diaryl/α,β-unsaturated/α-hetero) is 1. The van der Waals surface area contributed by atoms with Crippen LogP contribution in [-0.4, -0.2) is 42.5 Å². The third-order valence-electron chi connectivity index (χ3n) is 4.81. The van der Waals surface area contributed by atoms with Gasteiger partial charge in [0.2, 0.25) is 5.54 Å². The van der Waals surface area contributed by atoms with Crippen LogP contribution in [0, 0.1) is 5.92 Å². The summed E-state index contributed by atoms with van der Waals surface area (Å²) in [6.07, 6.45) is 6.77. The summed E-state index contributed by atoms with van der Waals surface area (Å²) in [5.41, 5.74) is -1.22. The summed E-state index contributed by atoms with van der Waals surface area (Å²) in [5, 5.41) is 3.11. The van der Waals surface area contributed by atoms with Crippen LogP contribution in [0.4, 0.5) is 0 Å². The molecule has 0 aromatic carbocycles. The van der Waals surface area contributed by atoms with Crippen LogP contribution < -0.4 is 5.32 Å². The molecule has 134 valence electrons. The first-order valence-corrected chi connectivity index (χ1v) is 8.82. The van der Waals surface area contributed by atoms with Crippen LogP contribution in [0.3, 0.4) is 0 Å². The maximum atomic E-state index is 12.5. The highest BCUT2D eigenvalue weighted by Gasteiger charge is 2.55. The molecule has 6 heteroatoms. The third kappa shape index (κ3) is 3.53. The lowest BCUT2D eigenvalue weighted by Crippen LogP contribution is -2.59. The molecule has 1 N–H and O–H groups in total. The van der Waals surface area contributed by atoms with Crippen LogP contribution in [0.15, 0.2) is 11.6 Å². The Bertz CT molecular complexity index is 516. The Balaban J connectivity index is 2.38. The maximum absolute atomic E-state index is 12.5. The van der Waals surface area contributed by atoms with Gasteiger partial charge in [-0.2, -0.15) is 0 Å². The summed E-state index contributed by atoms with van der Waals surface area (Å²) in [4.78, 5) is 37.2. The van der Waals surface area contributed by atoms with Crippen molar-refractivity contribution in [3.63, 3.8) is 0 Å². The van der Waals surface area contributed by atoms with Crippen molar-refractivity contribution in [2.45, 2.75) is 64.5 Å². The SMILES string of the molecule is CCOC(=O)C1(C(=O)OCC)C=C(C(C)=O)[C@@H](C2CCCCC2)N1. The molecule has 0 aromatic heterocycles. The average Bonchev–Trinajstić information content (AvgIpc) is 2.98. The van der Waals surface area contributed by atoms with Crippen molar-refractivity contribution in [1.82, 2.24) is 5.32 Å². The second kappa shape index (κ2) is 7.92. The van der Waals surface area contributed by atoms with Gasteiger partial charge in [0, 0.05) is 11.6 Å². The molecular weight excluding hydrogens is 310 g/mol. The van der Waals surface area contributed by atoms with E-state index in [0.717, 1.165) is 25.7 Å². The van der Waals surface area contributed by atoms with E-state index in [2.05, 4.69) is 5.32 Å². The molecule has 2 rings (SSSR count). The fourth-order valence-corrected chi connectivity index (χ4v) is 3.66. The molecule has 24 heavy (non-hydrogen) atoms. The number of esters is 2. The highest BCUT2D eigenvalue weighted by Crippen LogP contribution is 2.36. The van der Waals surface area contributed by atoms with Gasteiger partial charge in [0.25, 0.3) is 0 Å². The van der Waals surface area contributed by atoms with Crippen molar-refractivity contribution < 1.29 is 23.9 Å². The standard InChI is InChI=1S/C18H27NO5/c1-4-23-16(21)18(17(22)24-5-2)11-14(12(3)20)15(19-18)13-9-7-6-8-10-13/h11,13,15,19H,4-10H2,1-3H3/t15-/m1/s1. The van der Waals surface area contributed by atoms with Gasteiger partial charge in [0.15, 0.2) is 5.78 Å². The van der Waals surface area contributed by atoms with Gasteiger partial charge in [0.05, 0.1) is 13.2 Å². The summed E-state index contributed by atoms with van der Waals surface area (Å²) in [5.74, 6) is -1.31. The van der Waals surface area contributed by atoms with Gasteiger partial charge in [-0.1, -0.05) is 19.3 Å². The molecule has 1 aliphatic heterocycles. The van der Waals surface area contributed by atoms with Crippen molar-refractivity contribution in [3.05, 3.63) is 11.6 Å². The van der Waals surface area contributed by atoms with Crippen molar-refractivity contribution in [3.8, 4) is 0 Å². The first-order chi connectivity index (χ1) is 11.5. The Hall–Kier alpha value is -1.69. The first kappa shape index (κ1) is 18.6. The molecule has 0 saturated heterocycles. The van der Waals surface area contributed by atoms with Gasteiger partial charge >= 0.3 is 11.9 Å². The predicted octanol–water partition coefficient (Wildman–Crippen LogP) is 1.92. The molecule has 1 saturated carbocycles. The molecule has 0 bridgehead atoms. The van der Waals surface area contributed by atoms with Crippen molar-refractivity contribution in [2.75, 3.05) is 13.2 Å². The van der Waals surface area contributed by atoms with E-state index in [1.54, 1.807) is 13.8 Å². The number of ketones is 1. The molecule has 1 atom stereocenters. The number of nitrogens with one attached hydrogen (secondary N) is 1. The topological polar surface area (TPSA) is 81.7 Å². The van der Waals surface area contributed by atoms with E-state index >= 15 is 0 Å². The van der Waals surface area contributed by atoms with Crippen LogP contribution in [-0.2, 0) is 23.9 Å². The van der Waals surface area contributed by atoms with Crippen LogP contribution in [0.2, 0.25) is 0 Å². The van der Waals surface area contributed by atoms with Crippen LogP contribution in [0.1, 0.15) is 52.9 Å². The Labute approximate surface area is 143 Å². The molecular formula is C18H27NO5. The molecule has 0 aromatic rings. The molecule has 2 aliphatic rings. The smallest absolute Gasteiger partial charge is 0.342 e. The van der Waals surface area contributed by atoms with Crippen molar-refractivity contribution in [2.24, 2.45) is 5.92 Å². The zero-order valence-corrected chi connectivity index (χ0v) is 14.7. The third-order valence-corrected chi connectivity index (χ3v) is 4.81. The number of carbonyl (C=O) groups is 3. The van der Waals surface area contributed by atoms with Crippen molar-refractivity contribution >= 4 is 17.7 Å². The van der Waals surface area contributed by atoms with Crippen LogP contribution >= 0.6 is 0 Å². The Kier molecular flexibility index (Phi) is 6.15. The van der Waals surface area contributed by atoms with Gasteiger partial charge in [0.1, 0.15) is 0 Å². The largest absolute Gasteiger partial charge is 0.464 e. The van der Waals surface area contributed by atoms with Gasteiger partial charge in [-0.05, 0) is 45.6 Å². The van der Waals surface area contributed by atoms with Crippen LogP contribution in [0.5, 0.6) is 0 Å². The van der Waals surface area contributed by atoms with Gasteiger partial charge < -0.3 is 9.47 Å². The lowest BCUT2D eigenvalue weighted by Gasteiger charge is -2.32. The van der Waals surface area contributed by atoms with E-state index < -0.39 is 17.5 Å². The number of ether oxygens (including phenoxy) is 2. The zero-order chi connectivity index (χ0) is 17.7. The number of hydrogen-bond acceptors (Lipinski definition) is 6. The average molecular weight is 337 g/mol. The van der Waals surface area contributed by atoms with Gasteiger partial charge in [-0.25, -0.2) is 9.59 Å². The summed E-state index contributed by atoms with van der Waals surface area (Å²) in [6, 6.07) is -0.309. The van der Waals surface area contributed by atoms with Crippen LogP contribution in [0.25, 0.3) is 0 Å². The molecule has 0 unspecified atom stereocenters. The monoisotopic (exact) mass is 337 g/mol. The maximum Gasteiger partial charge on any atom is 0.342 e. The molecule has 6 nitrogen and oxygen atoms in total. The summed E-state index contributed by atoms with van der Waals surface area (Å²) in [6.45, 7) is 5.13. The highest BCUT2D eigenvalue weighted by atomic mass is 16.6. The fourth-order valence-electron chi connectivity index (χ4n) is 3.66. The lowest BCUT2D eigenvalue weighted by atomic mass is 9.81. The Morgan fingerprint density at radius 1 is 1.08 bits per heavy atom. The van der Waals surface area contributed by atoms with Gasteiger partial charge in [-0.15, -0.1) is 0 Å². The molecule has 1 fully saturated rings. The molecule has 0 radical (unpaired) electrons. The van der Waals surface area contributed by atoms with E-state index in [4.69, 9.17) is 9.47 Å². The van der Waals surface area contributed by atoms with E-state index in [0.29, 0.717) is 5.57 Å². The van der Waals surface area contributed by atoms with Crippen molar-refractivity contribution in [1.29, 1.82) is 0 Å². The number of carbonyl (C=O) groups excluding carboxylic acids is 3. The highest BCUT2D eigenvalue weighted by molar-refractivity contribution is 6.11. The minimum Gasteiger partial charge on any atom is -0.464 e. The number of hydrogen-bond donors (Lipinski definition) is 1. The summed E-state index contributed by atoms with van der Waals surface area (Å²) >= 11 is 0. The second-order valence-corrected chi connectivity index (χ2v) is 6.42. The van der Waals surface area contributed by atoms with E-state index in [1.807, 2.05) is 0 Å². The quantitative estimate of drug-likeness (QED) is 0.589. The van der Waals surface area contributed by atoms with E-state index in [1.165, 1.54) is 19.4 Å². The van der Waals surface area contributed by atoms with Gasteiger partial charge in [-0.3, -0.25) is 10.1 Å². The lowest BCUT2D eigenvalue weighted by molar-refractivity contribution is -0.163. The minimum absolute atomic E-state index is 0.131. The van der Waals surface area contributed by atoms with E-state index in [9.17, 15) is 14.4 Å². The molecule has 1 aliphatic carbocycles. The fraction of sp³-hybridized carbons (Fsp3) is 0.722. The zero-order valence-electron chi connectivity index (χ0n) is 14.7. The minimum atomic E-state index is -1.71. The summed E-state index contributed by atoms with van der Waals surface area (Å²) in [7, 11) is 0. The molecule has 0 spiro atoms. The van der Waals surface area contributed by atoms with E-state index in [-0.39, 0.29) is 31.0 Å². The molecule has 0 amide bonds. The number of rotatable bonds is 6. The normalized spacial score (nSPS) is 23.5. The molecule has 1 heterocycles.